The molecular formula is C22H27O4P. The van der Waals surface area contributed by atoms with E-state index >= 15 is 0 Å². The smallest absolute Gasteiger partial charge is 0.229 e. The first kappa shape index (κ1) is 19.7. The van der Waals surface area contributed by atoms with Gasteiger partial charge in [0, 0.05) is 11.8 Å². The molecule has 0 bridgehead atoms. The molecule has 0 saturated heterocycles. The molecule has 0 spiro atoms. The molecule has 0 N–H and O–H groups in total. The highest BCUT2D eigenvalue weighted by Crippen LogP contribution is 2.61. The molecule has 0 amide bonds. The third-order valence-electron chi connectivity index (χ3n) is 5.41. The van der Waals surface area contributed by atoms with Crippen molar-refractivity contribution in [2.45, 2.75) is 43.9 Å². The summed E-state index contributed by atoms with van der Waals surface area (Å²) in [6, 6.07) is 14.9. The average molecular weight is 386 g/mol. The summed E-state index contributed by atoms with van der Waals surface area (Å²) in [6.45, 7) is 0. The van der Waals surface area contributed by atoms with Crippen LogP contribution >= 0.6 is 7.14 Å². The summed E-state index contributed by atoms with van der Waals surface area (Å²) in [5, 5.41) is 0. The maximum atomic E-state index is 14.3. The lowest BCUT2D eigenvalue weighted by molar-refractivity contribution is 0.106. The van der Waals surface area contributed by atoms with Crippen LogP contribution in [0.15, 0.2) is 48.5 Å². The summed E-state index contributed by atoms with van der Waals surface area (Å²) in [6.07, 6.45) is 5.17. The third kappa shape index (κ3) is 4.11. The van der Waals surface area contributed by atoms with Crippen LogP contribution < -0.4 is 9.47 Å². The molecule has 4 nitrogen and oxygen atoms in total. The molecule has 5 heteroatoms. The zero-order valence-corrected chi connectivity index (χ0v) is 16.9. The van der Waals surface area contributed by atoms with Gasteiger partial charge < -0.3 is 14.0 Å². The zero-order chi connectivity index (χ0) is 19.3. The maximum Gasteiger partial charge on any atom is 0.229 e. The van der Waals surface area contributed by atoms with E-state index in [9.17, 15) is 9.36 Å². The van der Waals surface area contributed by atoms with Crippen LogP contribution in [-0.4, -0.2) is 25.4 Å². The van der Waals surface area contributed by atoms with Gasteiger partial charge in [0.2, 0.25) is 5.52 Å². The second-order valence-electron chi connectivity index (χ2n) is 7.07. The number of hydrogen-bond acceptors (Lipinski definition) is 4. The third-order valence-corrected chi connectivity index (χ3v) is 8.85. The Morgan fingerprint density at radius 2 is 1.52 bits per heavy atom. The van der Waals surface area contributed by atoms with Gasteiger partial charge in [-0.25, -0.2) is 0 Å². The van der Waals surface area contributed by atoms with Crippen molar-refractivity contribution < 1.29 is 18.8 Å². The molecule has 2 aromatic rings. The second-order valence-corrected chi connectivity index (χ2v) is 10.1. The molecule has 1 saturated carbocycles. The van der Waals surface area contributed by atoms with Crippen molar-refractivity contribution in [3.05, 3.63) is 59.7 Å². The van der Waals surface area contributed by atoms with E-state index in [1.165, 1.54) is 14.2 Å². The first-order chi connectivity index (χ1) is 13.1. The summed E-state index contributed by atoms with van der Waals surface area (Å²) in [5.74, 6) is 0.840. The quantitative estimate of drug-likeness (QED) is 0.570. The molecular weight excluding hydrogens is 359 g/mol. The standard InChI is InChI=1S/C22H27O4P/c1-25-19-14-9-15-20(26-2)21(19)22(23)27(24,18-12-7-4-8-13-18)16-17-10-5-3-6-11-17/h3,5-6,9-11,14-15,18H,4,7-8,12-13,16H2,1-2H3. The van der Waals surface area contributed by atoms with E-state index in [1.54, 1.807) is 18.2 Å². The molecule has 144 valence electrons. The Bertz CT molecular complexity index is 803. The van der Waals surface area contributed by atoms with Crippen molar-refractivity contribution in [1.29, 1.82) is 0 Å². The Morgan fingerprint density at radius 3 is 2.07 bits per heavy atom. The minimum atomic E-state index is -3.21. The van der Waals surface area contributed by atoms with Crippen molar-refractivity contribution in [2.75, 3.05) is 14.2 Å². The highest BCUT2D eigenvalue weighted by molar-refractivity contribution is 7.81. The molecule has 0 radical (unpaired) electrons. The van der Waals surface area contributed by atoms with Crippen molar-refractivity contribution in [2.24, 2.45) is 0 Å². The molecule has 2 aromatic carbocycles. The van der Waals surface area contributed by atoms with E-state index < -0.39 is 7.14 Å². The summed E-state index contributed by atoms with van der Waals surface area (Å²) in [4.78, 5) is 13.7. The van der Waals surface area contributed by atoms with Gasteiger partial charge in [0.05, 0.1) is 14.2 Å². The normalized spacial score (nSPS) is 17.1. The first-order valence-corrected chi connectivity index (χ1v) is 11.4. The molecule has 0 heterocycles. The fourth-order valence-electron chi connectivity index (χ4n) is 3.97. The maximum absolute atomic E-state index is 14.3. The molecule has 0 aromatic heterocycles. The predicted octanol–water partition coefficient (Wildman–Crippen LogP) is 5.74. The average Bonchev–Trinajstić information content (AvgIpc) is 2.73. The van der Waals surface area contributed by atoms with E-state index in [1.807, 2.05) is 30.3 Å². The monoisotopic (exact) mass is 386 g/mol. The number of methoxy groups -OCH3 is 2. The van der Waals surface area contributed by atoms with Gasteiger partial charge in [-0.3, -0.25) is 4.79 Å². The highest BCUT2D eigenvalue weighted by atomic mass is 31.2. The predicted molar refractivity (Wildman–Crippen MR) is 109 cm³/mol. The lowest BCUT2D eigenvalue weighted by atomic mass is 10.0. The van der Waals surface area contributed by atoms with Crippen molar-refractivity contribution >= 4 is 12.7 Å². The molecule has 1 unspecified atom stereocenters. The van der Waals surface area contributed by atoms with Gasteiger partial charge >= 0.3 is 0 Å². The van der Waals surface area contributed by atoms with Gasteiger partial charge in [-0.1, -0.05) is 55.7 Å². The summed E-state index contributed by atoms with van der Waals surface area (Å²) in [7, 11) is -0.165. The van der Waals surface area contributed by atoms with Gasteiger partial charge in [0.25, 0.3) is 0 Å². The Kier molecular flexibility index (Phi) is 6.38. The van der Waals surface area contributed by atoms with E-state index in [0.717, 1.165) is 37.7 Å². The number of carbonyl (C=O) groups is 1. The fourth-order valence-corrected chi connectivity index (χ4v) is 7.26. The minimum Gasteiger partial charge on any atom is -0.496 e. The van der Waals surface area contributed by atoms with Crippen LogP contribution in [0.5, 0.6) is 11.5 Å². The van der Waals surface area contributed by atoms with Crippen LogP contribution in [-0.2, 0) is 10.7 Å². The van der Waals surface area contributed by atoms with Crippen molar-refractivity contribution in [3.8, 4) is 11.5 Å². The van der Waals surface area contributed by atoms with E-state index in [-0.39, 0.29) is 11.2 Å². The molecule has 1 aliphatic carbocycles. The van der Waals surface area contributed by atoms with E-state index in [2.05, 4.69) is 0 Å². The Hall–Kier alpha value is -2.06. The Labute approximate surface area is 161 Å². The fraction of sp³-hybridized carbons (Fsp3) is 0.409. The van der Waals surface area contributed by atoms with Crippen LogP contribution in [0.4, 0.5) is 0 Å². The van der Waals surface area contributed by atoms with Crippen LogP contribution in [0, 0.1) is 0 Å². The molecule has 1 fully saturated rings. The second kappa shape index (κ2) is 8.75. The number of benzene rings is 2. The largest absolute Gasteiger partial charge is 0.496 e. The topological polar surface area (TPSA) is 52.6 Å². The molecule has 1 atom stereocenters. The Morgan fingerprint density at radius 1 is 0.926 bits per heavy atom. The van der Waals surface area contributed by atoms with Crippen molar-refractivity contribution in [1.82, 2.24) is 0 Å². The van der Waals surface area contributed by atoms with Gasteiger partial charge in [-0.2, -0.15) is 0 Å². The van der Waals surface area contributed by atoms with Crippen LogP contribution in [0.3, 0.4) is 0 Å². The number of carbonyl (C=O) groups excluding carboxylic acids is 1. The lowest BCUT2D eigenvalue weighted by Crippen LogP contribution is -2.20. The molecule has 27 heavy (non-hydrogen) atoms. The Balaban J connectivity index is 2.07. The van der Waals surface area contributed by atoms with Crippen LogP contribution in [0.25, 0.3) is 0 Å². The number of hydrogen-bond donors (Lipinski definition) is 0. The minimum absolute atomic E-state index is 0.0754. The first-order valence-electron chi connectivity index (χ1n) is 9.48. The van der Waals surface area contributed by atoms with E-state index in [4.69, 9.17) is 9.47 Å². The van der Waals surface area contributed by atoms with Crippen LogP contribution in [0.2, 0.25) is 0 Å². The number of rotatable bonds is 7. The van der Waals surface area contributed by atoms with Crippen molar-refractivity contribution in [3.63, 3.8) is 0 Å². The summed E-state index contributed by atoms with van der Waals surface area (Å²) >= 11 is 0. The lowest BCUT2D eigenvalue weighted by Gasteiger charge is -2.30. The van der Waals surface area contributed by atoms with Gasteiger partial charge in [0.1, 0.15) is 17.1 Å². The SMILES string of the molecule is COc1cccc(OC)c1C(=O)P(=O)(Cc1ccccc1)C1CCCCC1. The van der Waals surface area contributed by atoms with Crippen LogP contribution in [0.1, 0.15) is 48.0 Å². The van der Waals surface area contributed by atoms with Gasteiger partial charge in [-0.05, 0) is 30.5 Å². The van der Waals surface area contributed by atoms with E-state index in [0.29, 0.717) is 23.2 Å². The van der Waals surface area contributed by atoms with Gasteiger partial charge in [0.15, 0.2) is 7.14 Å². The zero-order valence-electron chi connectivity index (χ0n) is 16.0. The summed E-state index contributed by atoms with van der Waals surface area (Å²) < 4.78 is 25.2. The number of ether oxygens (including phenoxy) is 2. The molecule has 1 aliphatic rings. The highest BCUT2D eigenvalue weighted by Gasteiger charge is 2.43. The summed E-state index contributed by atoms with van der Waals surface area (Å²) in [5.41, 5.74) is 0.863. The van der Waals surface area contributed by atoms with Gasteiger partial charge in [-0.15, -0.1) is 0 Å². The molecule has 0 aliphatic heterocycles. The molecule has 3 rings (SSSR count).